The third-order valence-electron chi connectivity index (χ3n) is 3.27. The molecule has 1 atom stereocenters. The summed E-state index contributed by atoms with van der Waals surface area (Å²) in [5.41, 5.74) is -0.128. The first kappa shape index (κ1) is 14.6. The molecule has 0 saturated carbocycles. The summed E-state index contributed by atoms with van der Waals surface area (Å²) >= 11 is 0. The van der Waals surface area contributed by atoms with Gasteiger partial charge in [0.1, 0.15) is 5.82 Å². The molecule has 0 saturated heterocycles. The van der Waals surface area contributed by atoms with Crippen LogP contribution in [-0.2, 0) is 0 Å². The maximum Gasteiger partial charge on any atom is 0.251 e. The van der Waals surface area contributed by atoms with Gasteiger partial charge >= 0.3 is 0 Å². The van der Waals surface area contributed by atoms with E-state index in [-0.39, 0.29) is 24.2 Å². The Bertz CT molecular complexity index is 441. The van der Waals surface area contributed by atoms with E-state index in [0.29, 0.717) is 11.1 Å². The number of hydrogen-bond donors (Lipinski definition) is 2. The largest absolute Gasteiger partial charge is 0.388 e. The van der Waals surface area contributed by atoms with Crippen LogP contribution in [0.4, 0.5) is 4.39 Å². The van der Waals surface area contributed by atoms with Crippen molar-refractivity contribution in [2.24, 2.45) is 5.92 Å². The number of carbonyl (C=O) groups is 1. The molecule has 0 aromatic heterocycles. The molecule has 0 spiro atoms. The minimum absolute atomic E-state index is 0.0350. The monoisotopic (exact) mass is 253 g/mol. The van der Waals surface area contributed by atoms with E-state index in [1.165, 1.54) is 18.2 Å². The number of nitrogens with one attached hydrogen (secondary N) is 1. The van der Waals surface area contributed by atoms with Gasteiger partial charge in [-0.25, -0.2) is 4.39 Å². The second kappa shape index (κ2) is 5.48. The smallest absolute Gasteiger partial charge is 0.251 e. The summed E-state index contributed by atoms with van der Waals surface area (Å²) in [5.74, 6) is -0.604. The Hall–Kier alpha value is -1.42. The molecule has 1 aromatic rings. The summed E-state index contributed by atoms with van der Waals surface area (Å²) in [4.78, 5) is 11.8. The van der Waals surface area contributed by atoms with Crippen LogP contribution in [0.15, 0.2) is 18.2 Å². The van der Waals surface area contributed by atoms with Gasteiger partial charge in [-0.1, -0.05) is 13.8 Å². The molecule has 1 aromatic carbocycles. The Kier molecular flexibility index (Phi) is 4.46. The molecule has 1 amide bonds. The lowest BCUT2D eigenvalue weighted by Crippen LogP contribution is -2.44. The number of benzene rings is 1. The molecule has 3 nitrogen and oxygen atoms in total. The van der Waals surface area contributed by atoms with Crippen LogP contribution < -0.4 is 5.32 Å². The second-order valence-corrected chi connectivity index (χ2v) is 5.16. The molecule has 0 aliphatic rings. The Morgan fingerprint density at radius 2 is 2.11 bits per heavy atom. The van der Waals surface area contributed by atoms with Crippen LogP contribution in [0.5, 0.6) is 0 Å². The van der Waals surface area contributed by atoms with Crippen LogP contribution in [0.1, 0.15) is 36.7 Å². The number of halogens is 1. The predicted octanol–water partition coefficient (Wildman–Crippen LogP) is 2.27. The van der Waals surface area contributed by atoms with Gasteiger partial charge in [0.25, 0.3) is 5.91 Å². The molecule has 100 valence electrons. The summed E-state index contributed by atoms with van der Waals surface area (Å²) in [7, 11) is 0. The summed E-state index contributed by atoms with van der Waals surface area (Å²) in [6, 6.07) is 4.20. The predicted molar refractivity (Wildman–Crippen MR) is 68.9 cm³/mol. The fraction of sp³-hybridized carbons (Fsp3) is 0.500. The van der Waals surface area contributed by atoms with E-state index in [0.717, 1.165) is 0 Å². The minimum Gasteiger partial charge on any atom is -0.388 e. The first-order chi connectivity index (χ1) is 8.24. The molecule has 2 N–H and O–H groups in total. The van der Waals surface area contributed by atoms with E-state index in [4.69, 9.17) is 0 Å². The number of carbonyl (C=O) groups excluding carboxylic acids is 1. The Balaban J connectivity index is 2.69. The van der Waals surface area contributed by atoms with Gasteiger partial charge in [-0.2, -0.15) is 0 Å². The topological polar surface area (TPSA) is 49.3 Å². The quantitative estimate of drug-likeness (QED) is 0.864. The zero-order chi connectivity index (χ0) is 13.9. The van der Waals surface area contributed by atoms with Gasteiger partial charge in [0.05, 0.1) is 5.60 Å². The lowest BCUT2D eigenvalue weighted by Gasteiger charge is -2.27. The van der Waals surface area contributed by atoms with Crippen LogP contribution in [0.25, 0.3) is 0 Å². The van der Waals surface area contributed by atoms with Crippen molar-refractivity contribution in [2.45, 2.75) is 33.3 Å². The molecular weight excluding hydrogens is 233 g/mol. The van der Waals surface area contributed by atoms with E-state index in [1.807, 2.05) is 13.8 Å². The molecule has 0 fully saturated rings. The van der Waals surface area contributed by atoms with Crippen molar-refractivity contribution < 1.29 is 14.3 Å². The van der Waals surface area contributed by atoms with Crippen molar-refractivity contribution in [3.63, 3.8) is 0 Å². The van der Waals surface area contributed by atoms with E-state index in [9.17, 15) is 14.3 Å². The SMILES string of the molecule is Cc1cc(C(=O)NCC(C)(O)C(C)C)ccc1F. The molecule has 1 rings (SSSR count). The first-order valence-corrected chi connectivity index (χ1v) is 6.01. The standard InChI is InChI=1S/C14H20FNO2/c1-9(2)14(4,18)8-16-13(17)11-5-6-12(15)10(3)7-11/h5-7,9,18H,8H2,1-4H3,(H,16,17). The second-order valence-electron chi connectivity index (χ2n) is 5.16. The average molecular weight is 253 g/mol. The summed E-state index contributed by atoms with van der Waals surface area (Å²) < 4.78 is 13.1. The molecule has 1 unspecified atom stereocenters. The highest BCUT2D eigenvalue weighted by molar-refractivity contribution is 5.94. The molecule has 18 heavy (non-hydrogen) atoms. The highest BCUT2D eigenvalue weighted by Gasteiger charge is 2.25. The highest BCUT2D eigenvalue weighted by Crippen LogP contribution is 2.15. The Morgan fingerprint density at radius 1 is 1.50 bits per heavy atom. The molecule has 0 radical (unpaired) electrons. The van der Waals surface area contributed by atoms with E-state index >= 15 is 0 Å². The van der Waals surface area contributed by atoms with Crippen molar-refractivity contribution in [2.75, 3.05) is 6.54 Å². The van der Waals surface area contributed by atoms with Gasteiger partial charge in [0, 0.05) is 12.1 Å². The van der Waals surface area contributed by atoms with Crippen molar-refractivity contribution in [1.82, 2.24) is 5.32 Å². The Labute approximate surface area is 107 Å². The lowest BCUT2D eigenvalue weighted by atomic mass is 9.92. The van der Waals surface area contributed by atoms with Crippen LogP contribution in [0.3, 0.4) is 0 Å². The first-order valence-electron chi connectivity index (χ1n) is 6.01. The van der Waals surface area contributed by atoms with Gasteiger partial charge in [0.15, 0.2) is 0 Å². The highest BCUT2D eigenvalue weighted by atomic mass is 19.1. The van der Waals surface area contributed by atoms with E-state index in [2.05, 4.69) is 5.32 Å². The van der Waals surface area contributed by atoms with Crippen molar-refractivity contribution in [3.8, 4) is 0 Å². The summed E-state index contributed by atoms with van der Waals surface area (Å²) in [6.45, 7) is 7.21. The molecule has 0 aliphatic carbocycles. The number of amides is 1. The van der Waals surface area contributed by atoms with E-state index in [1.54, 1.807) is 13.8 Å². The number of rotatable bonds is 4. The maximum atomic E-state index is 13.1. The van der Waals surface area contributed by atoms with Gasteiger partial charge < -0.3 is 10.4 Å². The average Bonchev–Trinajstić information content (AvgIpc) is 2.29. The number of aliphatic hydroxyl groups is 1. The number of aryl methyl sites for hydroxylation is 1. The van der Waals surface area contributed by atoms with Crippen LogP contribution in [0.2, 0.25) is 0 Å². The van der Waals surface area contributed by atoms with E-state index < -0.39 is 5.60 Å². The van der Waals surface area contributed by atoms with Gasteiger partial charge in [-0.05, 0) is 43.5 Å². The molecular formula is C14H20FNO2. The fourth-order valence-electron chi connectivity index (χ4n) is 1.35. The zero-order valence-corrected chi connectivity index (χ0v) is 11.2. The minimum atomic E-state index is -0.954. The van der Waals surface area contributed by atoms with Crippen molar-refractivity contribution in [3.05, 3.63) is 35.1 Å². The van der Waals surface area contributed by atoms with Crippen molar-refractivity contribution >= 4 is 5.91 Å². The molecule has 0 aliphatic heterocycles. The lowest BCUT2D eigenvalue weighted by molar-refractivity contribution is 0.0142. The maximum absolute atomic E-state index is 13.1. The fourth-order valence-corrected chi connectivity index (χ4v) is 1.35. The third-order valence-corrected chi connectivity index (χ3v) is 3.27. The molecule has 4 heteroatoms. The zero-order valence-electron chi connectivity index (χ0n) is 11.2. The van der Waals surface area contributed by atoms with Crippen molar-refractivity contribution in [1.29, 1.82) is 0 Å². The Morgan fingerprint density at radius 3 is 2.61 bits per heavy atom. The summed E-state index contributed by atoms with van der Waals surface area (Å²) in [5, 5.41) is 12.7. The van der Waals surface area contributed by atoms with Crippen LogP contribution in [-0.4, -0.2) is 23.2 Å². The van der Waals surface area contributed by atoms with Gasteiger partial charge in [0.2, 0.25) is 0 Å². The van der Waals surface area contributed by atoms with Crippen LogP contribution in [0, 0.1) is 18.7 Å². The van der Waals surface area contributed by atoms with Gasteiger partial charge in [-0.3, -0.25) is 4.79 Å². The normalized spacial score (nSPS) is 14.4. The van der Waals surface area contributed by atoms with Gasteiger partial charge in [-0.15, -0.1) is 0 Å². The number of hydrogen-bond acceptors (Lipinski definition) is 2. The molecule has 0 bridgehead atoms. The van der Waals surface area contributed by atoms with Crippen LogP contribution >= 0.6 is 0 Å². The third kappa shape index (κ3) is 3.53. The summed E-state index contributed by atoms with van der Waals surface area (Å²) in [6.07, 6.45) is 0. The molecule has 0 heterocycles.